The summed E-state index contributed by atoms with van der Waals surface area (Å²) in [6, 6.07) is 8.76. The van der Waals surface area contributed by atoms with Gasteiger partial charge in [-0.2, -0.15) is 0 Å². The fraction of sp³-hybridized carbons (Fsp3) is 0.200. The van der Waals surface area contributed by atoms with Crippen LogP contribution in [0.2, 0.25) is 0 Å². The SMILES string of the molecule is CCc1cccc(C(NN)c2cc(F)c(F)c(F)c2)c1. The van der Waals surface area contributed by atoms with Gasteiger partial charge in [0.25, 0.3) is 0 Å². The third-order valence-electron chi connectivity index (χ3n) is 3.20. The van der Waals surface area contributed by atoms with Gasteiger partial charge in [0.2, 0.25) is 0 Å². The molecule has 20 heavy (non-hydrogen) atoms. The predicted octanol–water partition coefficient (Wildman–Crippen LogP) is 3.22. The van der Waals surface area contributed by atoms with E-state index in [1.807, 2.05) is 25.1 Å². The standard InChI is InChI=1S/C15H15F3N2/c1-2-9-4-3-5-10(6-9)15(20-19)11-7-12(16)14(18)13(17)8-11/h3-8,15,20H,2,19H2,1H3. The van der Waals surface area contributed by atoms with Gasteiger partial charge in [-0.25, -0.2) is 18.6 Å². The third-order valence-corrected chi connectivity index (χ3v) is 3.20. The predicted molar refractivity (Wildman–Crippen MR) is 71.3 cm³/mol. The molecule has 3 N–H and O–H groups in total. The highest BCUT2D eigenvalue weighted by molar-refractivity contribution is 5.35. The van der Waals surface area contributed by atoms with Crippen molar-refractivity contribution in [3.05, 3.63) is 70.5 Å². The molecule has 5 heteroatoms. The fourth-order valence-corrected chi connectivity index (χ4v) is 2.12. The molecular weight excluding hydrogens is 265 g/mol. The van der Waals surface area contributed by atoms with Crippen molar-refractivity contribution in [3.8, 4) is 0 Å². The molecule has 0 aromatic heterocycles. The van der Waals surface area contributed by atoms with Crippen molar-refractivity contribution in [2.75, 3.05) is 0 Å². The normalized spacial score (nSPS) is 12.4. The molecule has 0 saturated heterocycles. The lowest BCUT2D eigenvalue weighted by atomic mass is 9.97. The molecule has 0 saturated carbocycles. The van der Waals surface area contributed by atoms with Crippen molar-refractivity contribution in [2.45, 2.75) is 19.4 Å². The number of rotatable bonds is 4. The van der Waals surface area contributed by atoms with Crippen molar-refractivity contribution in [3.63, 3.8) is 0 Å². The first-order chi connectivity index (χ1) is 9.56. The molecule has 0 spiro atoms. The second kappa shape index (κ2) is 6.07. The third kappa shape index (κ3) is 2.84. The fourth-order valence-electron chi connectivity index (χ4n) is 2.12. The topological polar surface area (TPSA) is 38.0 Å². The summed E-state index contributed by atoms with van der Waals surface area (Å²) in [7, 11) is 0. The highest BCUT2D eigenvalue weighted by Gasteiger charge is 2.18. The Hall–Kier alpha value is -1.85. The minimum Gasteiger partial charge on any atom is -0.271 e. The molecule has 0 aliphatic rings. The van der Waals surface area contributed by atoms with Gasteiger partial charge in [0.05, 0.1) is 6.04 Å². The minimum absolute atomic E-state index is 0.233. The average molecular weight is 280 g/mol. The van der Waals surface area contributed by atoms with Gasteiger partial charge in [-0.15, -0.1) is 0 Å². The van der Waals surface area contributed by atoms with Crippen molar-refractivity contribution in [1.82, 2.24) is 5.43 Å². The molecule has 106 valence electrons. The van der Waals surface area contributed by atoms with Gasteiger partial charge in [0.1, 0.15) is 0 Å². The summed E-state index contributed by atoms with van der Waals surface area (Å²) >= 11 is 0. The van der Waals surface area contributed by atoms with E-state index in [0.29, 0.717) is 0 Å². The van der Waals surface area contributed by atoms with E-state index in [-0.39, 0.29) is 5.56 Å². The van der Waals surface area contributed by atoms with Crippen LogP contribution in [0.3, 0.4) is 0 Å². The molecule has 2 aromatic rings. The molecule has 0 amide bonds. The Kier molecular flexibility index (Phi) is 4.42. The monoisotopic (exact) mass is 280 g/mol. The maximum atomic E-state index is 13.3. The molecule has 0 aliphatic heterocycles. The lowest BCUT2D eigenvalue weighted by Crippen LogP contribution is -2.29. The molecule has 0 fully saturated rings. The maximum Gasteiger partial charge on any atom is 0.194 e. The Morgan fingerprint density at radius 1 is 1.05 bits per heavy atom. The molecule has 0 bridgehead atoms. The van der Waals surface area contributed by atoms with Crippen LogP contribution >= 0.6 is 0 Å². The summed E-state index contributed by atoms with van der Waals surface area (Å²) in [5.74, 6) is 1.54. The lowest BCUT2D eigenvalue weighted by molar-refractivity contribution is 0.442. The number of benzene rings is 2. The Morgan fingerprint density at radius 3 is 2.25 bits per heavy atom. The zero-order valence-electron chi connectivity index (χ0n) is 11.0. The Morgan fingerprint density at radius 2 is 1.70 bits per heavy atom. The number of aryl methyl sites for hydroxylation is 1. The molecule has 0 heterocycles. The molecular formula is C15H15F3N2. The maximum absolute atomic E-state index is 13.3. The Labute approximate surface area is 115 Å². The summed E-state index contributed by atoms with van der Waals surface area (Å²) in [6.07, 6.45) is 0.831. The van der Waals surface area contributed by atoms with Crippen molar-refractivity contribution < 1.29 is 13.2 Å². The van der Waals surface area contributed by atoms with Gasteiger partial charge in [0, 0.05) is 0 Å². The zero-order valence-corrected chi connectivity index (χ0v) is 11.0. The van der Waals surface area contributed by atoms with E-state index >= 15 is 0 Å². The molecule has 1 unspecified atom stereocenters. The number of nitrogens with two attached hydrogens (primary N) is 1. The van der Waals surface area contributed by atoms with Crippen LogP contribution in [0, 0.1) is 17.5 Å². The Balaban J connectivity index is 2.46. The van der Waals surface area contributed by atoms with Gasteiger partial charge >= 0.3 is 0 Å². The first kappa shape index (κ1) is 14.6. The quantitative estimate of drug-likeness (QED) is 0.512. The van der Waals surface area contributed by atoms with Crippen LogP contribution in [-0.4, -0.2) is 0 Å². The number of hydrogen-bond acceptors (Lipinski definition) is 2. The van der Waals surface area contributed by atoms with Crippen molar-refractivity contribution in [2.24, 2.45) is 5.84 Å². The highest BCUT2D eigenvalue weighted by Crippen LogP contribution is 2.25. The number of halogens is 3. The van der Waals surface area contributed by atoms with Crippen LogP contribution in [0.15, 0.2) is 36.4 Å². The lowest BCUT2D eigenvalue weighted by Gasteiger charge is -2.18. The Bertz CT molecular complexity index is 591. The van der Waals surface area contributed by atoms with Crippen LogP contribution in [0.5, 0.6) is 0 Å². The highest BCUT2D eigenvalue weighted by atomic mass is 19.2. The van der Waals surface area contributed by atoms with Crippen LogP contribution in [0.4, 0.5) is 13.2 Å². The molecule has 0 radical (unpaired) electrons. The summed E-state index contributed by atoms with van der Waals surface area (Å²) < 4.78 is 39.6. The van der Waals surface area contributed by atoms with E-state index < -0.39 is 23.5 Å². The average Bonchev–Trinajstić information content (AvgIpc) is 2.45. The molecule has 2 nitrogen and oxygen atoms in total. The van der Waals surface area contributed by atoms with Gasteiger partial charge in [-0.3, -0.25) is 5.84 Å². The largest absolute Gasteiger partial charge is 0.271 e. The first-order valence-electron chi connectivity index (χ1n) is 6.26. The number of nitrogens with one attached hydrogen (secondary N) is 1. The van der Waals surface area contributed by atoms with Crippen molar-refractivity contribution >= 4 is 0 Å². The number of hydrogen-bond donors (Lipinski definition) is 2. The first-order valence-corrected chi connectivity index (χ1v) is 6.26. The van der Waals surface area contributed by atoms with Gasteiger partial charge in [-0.1, -0.05) is 31.2 Å². The van der Waals surface area contributed by atoms with Gasteiger partial charge in [0.15, 0.2) is 17.5 Å². The second-order valence-corrected chi connectivity index (χ2v) is 4.50. The summed E-state index contributed by atoms with van der Waals surface area (Å²) in [4.78, 5) is 0. The van der Waals surface area contributed by atoms with E-state index in [1.54, 1.807) is 6.07 Å². The van der Waals surface area contributed by atoms with E-state index in [9.17, 15) is 13.2 Å². The summed E-state index contributed by atoms with van der Waals surface area (Å²) in [5, 5.41) is 0. The molecule has 1 atom stereocenters. The van der Waals surface area contributed by atoms with E-state index in [0.717, 1.165) is 29.7 Å². The van der Waals surface area contributed by atoms with E-state index in [1.165, 1.54) is 0 Å². The zero-order chi connectivity index (χ0) is 14.7. The minimum atomic E-state index is -1.48. The molecule has 2 rings (SSSR count). The second-order valence-electron chi connectivity index (χ2n) is 4.50. The summed E-state index contributed by atoms with van der Waals surface area (Å²) in [5.41, 5.74) is 4.57. The molecule has 2 aromatic carbocycles. The van der Waals surface area contributed by atoms with E-state index in [4.69, 9.17) is 5.84 Å². The van der Waals surface area contributed by atoms with Crippen LogP contribution in [0.1, 0.15) is 29.7 Å². The van der Waals surface area contributed by atoms with Gasteiger partial charge in [-0.05, 0) is 35.2 Å². The van der Waals surface area contributed by atoms with E-state index in [2.05, 4.69) is 5.43 Å². The van der Waals surface area contributed by atoms with Crippen LogP contribution in [-0.2, 0) is 6.42 Å². The number of hydrazine groups is 1. The molecule has 0 aliphatic carbocycles. The van der Waals surface area contributed by atoms with Crippen molar-refractivity contribution in [1.29, 1.82) is 0 Å². The van der Waals surface area contributed by atoms with Crippen LogP contribution < -0.4 is 11.3 Å². The smallest absolute Gasteiger partial charge is 0.194 e. The van der Waals surface area contributed by atoms with Crippen LogP contribution in [0.25, 0.3) is 0 Å². The summed E-state index contributed by atoms with van der Waals surface area (Å²) in [6.45, 7) is 2.00. The van der Waals surface area contributed by atoms with Gasteiger partial charge < -0.3 is 0 Å².